The van der Waals surface area contributed by atoms with Crippen molar-refractivity contribution in [3.63, 3.8) is 0 Å². The first-order valence-corrected chi connectivity index (χ1v) is 5.49. The van der Waals surface area contributed by atoms with Crippen LogP contribution < -0.4 is 11.1 Å². The molecule has 0 unspecified atom stereocenters. The lowest BCUT2D eigenvalue weighted by atomic mass is 10.1. The largest absolute Gasteiger partial charge is 0.399 e. The van der Waals surface area contributed by atoms with Gasteiger partial charge in [-0.2, -0.15) is 0 Å². The van der Waals surface area contributed by atoms with Gasteiger partial charge in [-0.05, 0) is 42.0 Å². The Morgan fingerprint density at radius 2 is 1.88 bits per heavy atom. The van der Waals surface area contributed by atoms with E-state index in [9.17, 15) is 9.59 Å². The average Bonchev–Trinajstić information content (AvgIpc) is 2.58. The molecule has 0 aliphatic carbocycles. The van der Waals surface area contributed by atoms with Crippen LogP contribution in [0.25, 0.3) is 5.57 Å². The molecule has 3 N–H and O–H groups in total. The molecule has 1 aliphatic rings. The van der Waals surface area contributed by atoms with Crippen molar-refractivity contribution in [2.45, 2.75) is 6.92 Å². The maximum absolute atomic E-state index is 11.4. The van der Waals surface area contributed by atoms with Crippen LogP contribution in [0.1, 0.15) is 12.5 Å². The van der Waals surface area contributed by atoms with Gasteiger partial charge in [0.2, 0.25) is 0 Å². The quantitative estimate of drug-likeness (QED) is 0.575. The number of carbonyl (C=O) groups excluding carboxylic acids is 2. The number of anilines is 1. The molecule has 1 aliphatic heterocycles. The number of imide groups is 1. The van der Waals surface area contributed by atoms with Crippen LogP contribution in [0, 0.1) is 0 Å². The van der Waals surface area contributed by atoms with Gasteiger partial charge < -0.3 is 5.73 Å². The predicted octanol–water partition coefficient (Wildman–Crippen LogP) is 1.98. The second-order valence-corrected chi connectivity index (χ2v) is 4.40. The smallest absolute Gasteiger partial charge is 0.290 e. The van der Waals surface area contributed by atoms with Crippen LogP contribution in [0.15, 0.2) is 29.2 Å². The summed E-state index contributed by atoms with van der Waals surface area (Å²) in [7, 11) is 0. The Labute approximate surface area is 96.9 Å². The molecule has 0 saturated carbocycles. The minimum absolute atomic E-state index is 0.324. The first-order valence-electron chi connectivity index (χ1n) is 4.68. The Bertz CT molecular complexity index is 491. The first-order chi connectivity index (χ1) is 7.58. The highest BCUT2D eigenvalue weighted by molar-refractivity contribution is 8.18. The van der Waals surface area contributed by atoms with E-state index in [1.54, 1.807) is 12.1 Å². The number of hydrogen-bond donors (Lipinski definition) is 2. The lowest BCUT2D eigenvalue weighted by Crippen LogP contribution is -2.18. The maximum atomic E-state index is 11.4. The van der Waals surface area contributed by atoms with Gasteiger partial charge in [-0.25, -0.2) is 0 Å². The molecule has 1 aromatic rings. The molecule has 1 fully saturated rings. The van der Waals surface area contributed by atoms with E-state index in [-0.39, 0.29) is 11.1 Å². The summed E-state index contributed by atoms with van der Waals surface area (Å²) in [5.41, 5.74) is 7.92. The van der Waals surface area contributed by atoms with Crippen LogP contribution in [0.2, 0.25) is 0 Å². The van der Waals surface area contributed by atoms with Crippen LogP contribution in [-0.4, -0.2) is 11.1 Å². The van der Waals surface area contributed by atoms with Crippen LogP contribution in [0.4, 0.5) is 10.5 Å². The van der Waals surface area contributed by atoms with Gasteiger partial charge >= 0.3 is 0 Å². The van der Waals surface area contributed by atoms with E-state index in [4.69, 9.17) is 5.73 Å². The fourth-order valence-electron chi connectivity index (χ4n) is 1.43. The second-order valence-electron chi connectivity index (χ2n) is 3.42. The molecule has 0 radical (unpaired) electrons. The molecule has 16 heavy (non-hydrogen) atoms. The number of amides is 2. The van der Waals surface area contributed by atoms with Crippen molar-refractivity contribution in [2.24, 2.45) is 0 Å². The number of hydrogen-bond acceptors (Lipinski definition) is 4. The van der Waals surface area contributed by atoms with E-state index in [0.29, 0.717) is 10.6 Å². The van der Waals surface area contributed by atoms with Crippen LogP contribution in [0.3, 0.4) is 0 Å². The molecule has 5 heteroatoms. The molecular weight excluding hydrogens is 224 g/mol. The van der Waals surface area contributed by atoms with E-state index in [0.717, 1.165) is 22.9 Å². The summed E-state index contributed by atoms with van der Waals surface area (Å²) in [5, 5.41) is 1.91. The summed E-state index contributed by atoms with van der Waals surface area (Å²) in [4.78, 5) is 22.9. The van der Waals surface area contributed by atoms with Crippen molar-refractivity contribution in [2.75, 3.05) is 5.73 Å². The molecule has 1 aromatic carbocycles. The van der Waals surface area contributed by atoms with Gasteiger partial charge in [-0.15, -0.1) is 0 Å². The van der Waals surface area contributed by atoms with Gasteiger partial charge in [-0.1, -0.05) is 12.1 Å². The monoisotopic (exact) mass is 234 g/mol. The number of benzene rings is 1. The van der Waals surface area contributed by atoms with Crippen molar-refractivity contribution in [1.82, 2.24) is 5.32 Å². The molecule has 4 nitrogen and oxygen atoms in total. The molecule has 82 valence electrons. The molecule has 1 heterocycles. The molecular formula is C11H10N2O2S. The van der Waals surface area contributed by atoms with E-state index in [2.05, 4.69) is 5.32 Å². The predicted molar refractivity (Wildman–Crippen MR) is 64.6 cm³/mol. The van der Waals surface area contributed by atoms with Gasteiger partial charge in [0.15, 0.2) is 0 Å². The maximum Gasteiger partial charge on any atom is 0.290 e. The third kappa shape index (κ3) is 1.94. The van der Waals surface area contributed by atoms with Gasteiger partial charge in [0.25, 0.3) is 11.1 Å². The van der Waals surface area contributed by atoms with Gasteiger partial charge in [0.05, 0.1) is 4.91 Å². The highest BCUT2D eigenvalue weighted by Crippen LogP contribution is 2.31. The zero-order valence-electron chi connectivity index (χ0n) is 8.61. The van der Waals surface area contributed by atoms with E-state index >= 15 is 0 Å². The van der Waals surface area contributed by atoms with E-state index in [1.165, 1.54) is 0 Å². The SMILES string of the molecule is C/C(=C1\SC(=O)NC1=O)c1ccc(N)cc1. The Hall–Kier alpha value is -1.75. The summed E-state index contributed by atoms with van der Waals surface area (Å²) in [6, 6.07) is 7.18. The molecule has 0 spiro atoms. The zero-order chi connectivity index (χ0) is 11.7. The van der Waals surface area contributed by atoms with E-state index < -0.39 is 0 Å². The molecule has 2 rings (SSSR count). The summed E-state index contributed by atoms with van der Waals surface area (Å²) in [5.74, 6) is -0.329. The van der Waals surface area contributed by atoms with Crippen molar-refractivity contribution in [3.8, 4) is 0 Å². The van der Waals surface area contributed by atoms with Crippen LogP contribution >= 0.6 is 11.8 Å². The Kier molecular flexibility index (Phi) is 2.70. The Morgan fingerprint density at radius 3 is 2.38 bits per heavy atom. The third-order valence-electron chi connectivity index (χ3n) is 2.30. The van der Waals surface area contributed by atoms with Gasteiger partial charge in [0.1, 0.15) is 0 Å². The molecule has 1 saturated heterocycles. The van der Waals surface area contributed by atoms with Crippen LogP contribution in [-0.2, 0) is 4.79 Å². The van der Waals surface area contributed by atoms with Crippen molar-refractivity contribution >= 4 is 34.2 Å². The normalized spacial score (nSPS) is 18.6. The number of nitrogen functional groups attached to an aromatic ring is 1. The Morgan fingerprint density at radius 1 is 1.25 bits per heavy atom. The minimum Gasteiger partial charge on any atom is -0.399 e. The molecule has 0 bridgehead atoms. The van der Waals surface area contributed by atoms with Gasteiger partial charge in [-0.3, -0.25) is 14.9 Å². The lowest BCUT2D eigenvalue weighted by molar-refractivity contribution is -0.115. The standard InChI is InChI=1S/C11H10N2O2S/c1-6(7-2-4-8(12)5-3-7)9-10(14)13-11(15)16-9/h2-5H,12H2,1H3,(H,13,14,15)/b9-6+. The lowest BCUT2D eigenvalue weighted by Gasteiger charge is -2.03. The number of rotatable bonds is 1. The number of thioether (sulfide) groups is 1. The van der Waals surface area contributed by atoms with Crippen molar-refractivity contribution in [1.29, 1.82) is 0 Å². The van der Waals surface area contributed by atoms with Crippen LogP contribution in [0.5, 0.6) is 0 Å². The molecule has 0 atom stereocenters. The first kappa shape index (κ1) is 10.8. The molecule has 0 aromatic heterocycles. The minimum atomic E-state index is -0.329. The topological polar surface area (TPSA) is 72.2 Å². The summed E-state index contributed by atoms with van der Waals surface area (Å²) >= 11 is 0.930. The number of nitrogens with one attached hydrogen (secondary N) is 1. The average molecular weight is 234 g/mol. The fourth-order valence-corrected chi connectivity index (χ4v) is 2.17. The number of nitrogens with two attached hydrogens (primary N) is 1. The highest BCUT2D eigenvalue weighted by Gasteiger charge is 2.27. The second kappa shape index (κ2) is 4.02. The Balaban J connectivity index is 2.41. The number of carbonyl (C=O) groups is 2. The van der Waals surface area contributed by atoms with E-state index in [1.807, 2.05) is 19.1 Å². The van der Waals surface area contributed by atoms with Crippen molar-refractivity contribution in [3.05, 3.63) is 34.7 Å². The highest BCUT2D eigenvalue weighted by atomic mass is 32.2. The fraction of sp³-hybridized carbons (Fsp3) is 0.0909. The number of allylic oxidation sites excluding steroid dienone is 1. The van der Waals surface area contributed by atoms with Gasteiger partial charge in [0, 0.05) is 5.69 Å². The summed E-state index contributed by atoms with van der Waals surface area (Å²) in [6.07, 6.45) is 0. The van der Waals surface area contributed by atoms with Crippen molar-refractivity contribution < 1.29 is 9.59 Å². The zero-order valence-corrected chi connectivity index (χ0v) is 9.43. The summed E-state index contributed by atoms with van der Waals surface area (Å²) < 4.78 is 0. The molecule has 2 amide bonds. The summed E-state index contributed by atoms with van der Waals surface area (Å²) in [6.45, 7) is 1.81. The third-order valence-corrected chi connectivity index (χ3v) is 3.28.